The second kappa shape index (κ2) is 4.50. The molecule has 0 aliphatic rings. The van der Waals surface area contributed by atoms with E-state index in [1.807, 2.05) is 29.5 Å². The van der Waals surface area contributed by atoms with Crippen LogP contribution in [0.4, 0.5) is 8.78 Å². The number of hydrogen-bond donors (Lipinski definition) is 0. The summed E-state index contributed by atoms with van der Waals surface area (Å²) in [4.78, 5) is 3.80. The zero-order valence-corrected chi connectivity index (χ0v) is 9.73. The van der Waals surface area contributed by atoms with Crippen LogP contribution in [0.25, 0.3) is 0 Å². The highest BCUT2D eigenvalue weighted by Gasteiger charge is 2.15. The third-order valence-corrected chi connectivity index (χ3v) is 2.75. The van der Waals surface area contributed by atoms with E-state index < -0.39 is 6.43 Å². The summed E-state index contributed by atoms with van der Waals surface area (Å²) in [5.74, 6) is 0.169. The van der Waals surface area contributed by atoms with Crippen LogP contribution in [0.5, 0.6) is 0 Å². The van der Waals surface area contributed by atoms with Gasteiger partial charge >= 0.3 is 0 Å². The van der Waals surface area contributed by atoms with Crippen LogP contribution in [0.3, 0.4) is 0 Å². The van der Waals surface area contributed by atoms with Gasteiger partial charge in [0, 0.05) is 3.57 Å². The van der Waals surface area contributed by atoms with Crippen LogP contribution in [0.1, 0.15) is 23.4 Å². The fraction of sp³-hybridized carbons (Fsp3) is 0.375. The molecule has 0 saturated carbocycles. The van der Waals surface area contributed by atoms with Crippen LogP contribution in [0.2, 0.25) is 0 Å². The van der Waals surface area contributed by atoms with Crippen molar-refractivity contribution >= 4 is 34.2 Å². The van der Waals surface area contributed by atoms with Crippen molar-refractivity contribution < 1.29 is 8.78 Å². The molecule has 0 N–H and O–H groups in total. The maximum atomic E-state index is 12.4. The molecule has 1 aromatic heterocycles. The van der Waals surface area contributed by atoms with E-state index in [0.717, 1.165) is 5.56 Å². The predicted octanol–water partition coefficient (Wildman–Crippen LogP) is 3.67. The Kier molecular flexibility index (Phi) is 3.85. The third kappa shape index (κ3) is 2.49. The molecule has 1 rings (SSSR count). The monoisotopic (exact) mass is 317 g/mol. The lowest BCUT2D eigenvalue weighted by molar-refractivity contribution is 0.145. The molecule has 0 amide bonds. The number of nitrogens with zero attached hydrogens (tertiary/aromatic N) is 1. The van der Waals surface area contributed by atoms with Gasteiger partial charge in [-0.2, -0.15) is 0 Å². The summed E-state index contributed by atoms with van der Waals surface area (Å²) >= 11 is 7.40. The lowest BCUT2D eigenvalue weighted by Crippen LogP contribution is -2.00. The molecule has 0 spiro atoms. The van der Waals surface area contributed by atoms with Crippen LogP contribution in [0.15, 0.2) is 6.07 Å². The molecule has 0 aromatic carbocycles. The first-order valence-electron chi connectivity index (χ1n) is 3.56. The average molecular weight is 318 g/mol. The van der Waals surface area contributed by atoms with Crippen molar-refractivity contribution in [2.24, 2.45) is 0 Å². The van der Waals surface area contributed by atoms with Gasteiger partial charge in [-0.3, -0.25) is 0 Å². The predicted molar refractivity (Wildman–Crippen MR) is 56.2 cm³/mol. The van der Waals surface area contributed by atoms with E-state index in [1.165, 1.54) is 0 Å². The molecule has 0 atom stereocenters. The molecule has 0 saturated heterocycles. The normalized spacial score (nSPS) is 10.9. The fourth-order valence-electron chi connectivity index (χ4n) is 0.923. The van der Waals surface area contributed by atoms with Crippen LogP contribution in [-0.4, -0.2) is 4.98 Å². The lowest BCUT2D eigenvalue weighted by atomic mass is 10.2. The Hall–Kier alpha value is 0.0300. The largest absolute Gasteiger partial charge is 0.281 e. The Labute approximate surface area is 93.6 Å². The highest BCUT2D eigenvalue weighted by atomic mass is 127. The summed E-state index contributed by atoms with van der Waals surface area (Å²) in [6, 6.07) is 1.67. The van der Waals surface area contributed by atoms with Crippen molar-refractivity contribution in [3.05, 3.63) is 26.6 Å². The zero-order chi connectivity index (χ0) is 10.0. The van der Waals surface area contributed by atoms with E-state index >= 15 is 0 Å². The molecule has 0 radical (unpaired) electrons. The number of aryl methyl sites for hydroxylation is 1. The van der Waals surface area contributed by atoms with Gasteiger partial charge in [0.05, 0.1) is 11.6 Å². The smallest absolute Gasteiger partial charge is 0.249 e. The van der Waals surface area contributed by atoms with E-state index in [0.29, 0.717) is 9.26 Å². The number of aromatic nitrogens is 1. The number of hydrogen-bond acceptors (Lipinski definition) is 1. The van der Waals surface area contributed by atoms with Gasteiger partial charge in [0.2, 0.25) is 0 Å². The Balaban J connectivity index is 3.22. The maximum absolute atomic E-state index is 12.4. The second-order valence-corrected chi connectivity index (χ2v) is 3.98. The summed E-state index contributed by atoms with van der Waals surface area (Å²) in [6.07, 6.45) is -2.53. The number of alkyl halides is 3. The summed E-state index contributed by atoms with van der Waals surface area (Å²) in [7, 11) is 0. The van der Waals surface area contributed by atoms with Crippen molar-refractivity contribution in [1.82, 2.24) is 4.98 Å². The molecule has 0 aliphatic heterocycles. The van der Waals surface area contributed by atoms with E-state index in [2.05, 4.69) is 4.98 Å². The Bertz CT molecular complexity index is 317. The van der Waals surface area contributed by atoms with Crippen LogP contribution in [-0.2, 0) is 5.88 Å². The van der Waals surface area contributed by atoms with Gasteiger partial charge in [-0.1, -0.05) is 0 Å². The van der Waals surface area contributed by atoms with Gasteiger partial charge in [0.25, 0.3) is 6.43 Å². The van der Waals surface area contributed by atoms with E-state index in [-0.39, 0.29) is 11.6 Å². The molecule has 0 bridgehead atoms. The van der Waals surface area contributed by atoms with E-state index in [9.17, 15) is 8.78 Å². The Morgan fingerprint density at radius 3 is 2.69 bits per heavy atom. The summed E-state index contributed by atoms with van der Waals surface area (Å²) in [5, 5.41) is 0. The lowest BCUT2D eigenvalue weighted by Gasteiger charge is -2.07. The van der Waals surface area contributed by atoms with E-state index in [4.69, 9.17) is 11.6 Å². The Morgan fingerprint density at radius 1 is 1.62 bits per heavy atom. The van der Waals surface area contributed by atoms with Gasteiger partial charge in [0.15, 0.2) is 0 Å². The second-order valence-electron chi connectivity index (χ2n) is 2.55. The molecule has 0 unspecified atom stereocenters. The third-order valence-electron chi connectivity index (χ3n) is 1.63. The molecule has 13 heavy (non-hydrogen) atoms. The summed E-state index contributed by atoms with van der Waals surface area (Å²) in [5.41, 5.74) is 1.20. The first-order valence-corrected chi connectivity index (χ1v) is 5.17. The average Bonchev–Trinajstić information content (AvgIpc) is 2.03. The molecule has 5 heteroatoms. The first kappa shape index (κ1) is 11.1. The minimum Gasteiger partial charge on any atom is -0.249 e. The van der Waals surface area contributed by atoms with Crippen molar-refractivity contribution in [3.63, 3.8) is 0 Å². The maximum Gasteiger partial charge on any atom is 0.281 e. The molecular weight excluding hydrogens is 310 g/mol. The Morgan fingerprint density at radius 2 is 2.23 bits per heavy atom. The van der Waals surface area contributed by atoms with Crippen LogP contribution >= 0.6 is 34.2 Å². The first-order chi connectivity index (χ1) is 6.06. The highest BCUT2D eigenvalue weighted by molar-refractivity contribution is 14.1. The van der Waals surface area contributed by atoms with Gasteiger partial charge in [-0.25, -0.2) is 13.8 Å². The van der Waals surface area contributed by atoms with Crippen molar-refractivity contribution in [2.45, 2.75) is 19.2 Å². The van der Waals surface area contributed by atoms with Gasteiger partial charge < -0.3 is 0 Å². The molecule has 0 aliphatic carbocycles. The van der Waals surface area contributed by atoms with Crippen LogP contribution in [0, 0.1) is 10.5 Å². The van der Waals surface area contributed by atoms with Gasteiger partial charge in [0.1, 0.15) is 5.69 Å². The SMILES string of the molecule is Cc1cc(I)c(C(F)F)nc1CCl. The van der Waals surface area contributed by atoms with Gasteiger partial charge in [-0.15, -0.1) is 11.6 Å². The minimum absolute atomic E-state index is 0.169. The van der Waals surface area contributed by atoms with Crippen molar-refractivity contribution in [1.29, 1.82) is 0 Å². The molecule has 1 nitrogen and oxygen atoms in total. The number of rotatable bonds is 2. The standard InChI is InChI=1S/C8H7ClF2IN/c1-4-2-5(12)7(8(10)11)13-6(4)3-9/h2,8H,3H2,1H3. The molecule has 0 fully saturated rings. The van der Waals surface area contributed by atoms with Crippen molar-refractivity contribution in [3.8, 4) is 0 Å². The van der Waals surface area contributed by atoms with E-state index in [1.54, 1.807) is 6.07 Å². The molecule has 1 aromatic rings. The van der Waals surface area contributed by atoms with Crippen molar-refractivity contribution in [2.75, 3.05) is 0 Å². The highest BCUT2D eigenvalue weighted by Crippen LogP contribution is 2.24. The zero-order valence-electron chi connectivity index (χ0n) is 6.82. The molecule has 1 heterocycles. The summed E-state index contributed by atoms with van der Waals surface area (Å²) < 4.78 is 25.2. The van der Waals surface area contributed by atoms with Crippen LogP contribution < -0.4 is 0 Å². The van der Waals surface area contributed by atoms with Gasteiger partial charge in [-0.05, 0) is 41.1 Å². The number of pyridine rings is 1. The summed E-state index contributed by atoms with van der Waals surface area (Å²) in [6.45, 7) is 1.81. The quantitative estimate of drug-likeness (QED) is 0.599. The minimum atomic E-state index is -2.53. The number of halogens is 4. The molecular formula is C8H7ClF2IN. The fourth-order valence-corrected chi connectivity index (χ4v) is 2.02. The topological polar surface area (TPSA) is 12.9 Å². The molecule has 72 valence electrons.